The minimum absolute atomic E-state index is 0.0207. The van der Waals surface area contributed by atoms with Gasteiger partial charge in [0.05, 0.1) is 12.3 Å². The second-order valence-corrected chi connectivity index (χ2v) is 5.67. The minimum atomic E-state index is -0.801. The molecule has 1 aromatic rings. The highest BCUT2D eigenvalue weighted by atomic mass is 16.4. The molecule has 1 aliphatic heterocycles. The molecule has 0 saturated carbocycles. The number of likely N-dealkylation sites (tertiary alicyclic amines) is 1. The molecular weight excluding hydrogens is 254 g/mol. The van der Waals surface area contributed by atoms with E-state index in [4.69, 9.17) is 5.11 Å². The van der Waals surface area contributed by atoms with Gasteiger partial charge in [0.25, 0.3) is 0 Å². The second kappa shape index (κ2) is 6.07. The Morgan fingerprint density at radius 2 is 1.90 bits per heavy atom. The maximum Gasteiger partial charge on any atom is 0.308 e. The average Bonchev–Trinajstić information content (AvgIpc) is 2.41. The van der Waals surface area contributed by atoms with Crippen LogP contribution >= 0.6 is 0 Å². The number of hydrogen-bond acceptors (Lipinski definition) is 2. The van der Waals surface area contributed by atoms with E-state index in [1.807, 2.05) is 38.1 Å². The van der Waals surface area contributed by atoms with Gasteiger partial charge in [-0.05, 0) is 32.3 Å². The summed E-state index contributed by atoms with van der Waals surface area (Å²) in [5.41, 5.74) is 2.14. The molecule has 0 aliphatic carbocycles. The molecule has 2 rings (SSSR count). The number of carboxylic acid groups (broad SMARTS) is 1. The van der Waals surface area contributed by atoms with Crippen molar-refractivity contribution in [3.05, 3.63) is 35.4 Å². The summed E-state index contributed by atoms with van der Waals surface area (Å²) in [4.78, 5) is 25.2. The molecule has 0 radical (unpaired) electrons. The molecule has 1 heterocycles. The second-order valence-electron chi connectivity index (χ2n) is 5.67. The van der Waals surface area contributed by atoms with Crippen LogP contribution in [0.4, 0.5) is 0 Å². The highest BCUT2D eigenvalue weighted by molar-refractivity contribution is 5.80. The van der Waals surface area contributed by atoms with Crippen LogP contribution in [0.5, 0.6) is 0 Å². The van der Waals surface area contributed by atoms with Gasteiger partial charge in [-0.1, -0.05) is 29.8 Å². The highest BCUT2D eigenvalue weighted by Crippen LogP contribution is 2.23. The molecule has 1 aliphatic rings. The summed E-state index contributed by atoms with van der Waals surface area (Å²) in [6.45, 7) is 4.34. The molecule has 1 N–H and O–H groups in total. The van der Waals surface area contributed by atoms with Crippen LogP contribution in [0.3, 0.4) is 0 Å². The van der Waals surface area contributed by atoms with E-state index in [2.05, 4.69) is 0 Å². The number of rotatable bonds is 3. The van der Waals surface area contributed by atoms with Gasteiger partial charge in [0.15, 0.2) is 0 Å². The van der Waals surface area contributed by atoms with Crippen LogP contribution in [0, 0.1) is 12.8 Å². The summed E-state index contributed by atoms with van der Waals surface area (Å²) in [7, 11) is 0. The van der Waals surface area contributed by atoms with Gasteiger partial charge in [-0.3, -0.25) is 9.59 Å². The first kappa shape index (κ1) is 14.6. The van der Waals surface area contributed by atoms with E-state index in [9.17, 15) is 9.59 Å². The summed E-state index contributed by atoms with van der Waals surface area (Å²) in [5.74, 6) is -1.20. The maximum atomic E-state index is 12.4. The maximum absolute atomic E-state index is 12.4. The van der Waals surface area contributed by atoms with Crippen molar-refractivity contribution in [1.82, 2.24) is 4.90 Å². The van der Waals surface area contributed by atoms with E-state index < -0.39 is 11.9 Å². The number of carbonyl (C=O) groups excluding carboxylic acids is 1. The zero-order valence-corrected chi connectivity index (χ0v) is 12.0. The van der Waals surface area contributed by atoms with Crippen LogP contribution in [0.25, 0.3) is 0 Å². The van der Waals surface area contributed by atoms with Gasteiger partial charge in [0.1, 0.15) is 0 Å². The van der Waals surface area contributed by atoms with Crippen molar-refractivity contribution >= 4 is 11.9 Å². The zero-order chi connectivity index (χ0) is 14.7. The van der Waals surface area contributed by atoms with E-state index >= 15 is 0 Å². The smallest absolute Gasteiger partial charge is 0.308 e. The van der Waals surface area contributed by atoms with Crippen molar-refractivity contribution in [2.24, 2.45) is 5.92 Å². The van der Waals surface area contributed by atoms with Crippen LogP contribution in [-0.4, -0.2) is 34.5 Å². The van der Waals surface area contributed by atoms with E-state index in [0.717, 1.165) is 12.0 Å². The minimum Gasteiger partial charge on any atom is -0.481 e. The van der Waals surface area contributed by atoms with E-state index in [1.165, 1.54) is 5.56 Å². The molecule has 4 heteroatoms. The van der Waals surface area contributed by atoms with Gasteiger partial charge >= 0.3 is 5.97 Å². The predicted octanol–water partition coefficient (Wildman–Crippen LogP) is 2.25. The Balaban J connectivity index is 2.03. The Hall–Kier alpha value is -1.84. The van der Waals surface area contributed by atoms with Crippen LogP contribution in [0.15, 0.2) is 24.3 Å². The number of carbonyl (C=O) groups is 2. The summed E-state index contributed by atoms with van der Waals surface area (Å²) in [6.07, 6.45) is 1.76. The molecule has 0 bridgehead atoms. The third-order valence-corrected chi connectivity index (χ3v) is 4.03. The van der Waals surface area contributed by atoms with E-state index in [-0.39, 0.29) is 11.9 Å². The van der Waals surface area contributed by atoms with Crippen molar-refractivity contribution in [2.45, 2.75) is 39.2 Å². The normalized spacial score (nSPS) is 22.6. The molecule has 108 valence electrons. The standard InChI is InChI=1S/C16H21NO3/c1-11-3-6-13(7-4-11)9-15(18)17-10-14(16(19)20)8-5-12(17)2/h3-4,6-7,12,14H,5,8-10H2,1-2H3,(H,19,20). The average molecular weight is 275 g/mol. The Morgan fingerprint density at radius 1 is 1.25 bits per heavy atom. The molecule has 1 saturated heterocycles. The van der Waals surface area contributed by atoms with Crippen molar-refractivity contribution in [3.8, 4) is 0 Å². The lowest BCUT2D eigenvalue weighted by Gasteiger charge is -2.36. The fourth-order valence-electron chi connectivity index (χ4n) is 2.64. The van der Waals surface area contributed by atoms with Gasteiger partial charge in [0.2, 0.25) is 5.91 Å². The first-order valence-electron chi connectivity index (χ1n) is 7.05. The van der Waals surface area contributed by atoms with Gasteiger partial charge in [-0.25, -0.2) is 0 Å². The number of hydrogen-bond donors (Lipinski definition) is 1. The van der Waals surface area contributed by atoms with Gasteiger partial charge in [0, 0.05) is 12.6 Å². The van der Waals surface area contributed by atoms with Crippen molar-refractivity contribution in [1.29, 1.82) is 0 Å². The van der Waals surface area contributed by atoms with Gasteiger partial charge in [-0.15, -0.1) is 0 Å². The van der Waals surface area contributed by atoms with Crippen LogP contribution in [-0.2, 0) is 16.0 Å². The van der Waals surface area contributed by atoms with Gasteiger partial charge in [-0.2, -0.15) is 0 Å². The Morgan fingerprint density at radius 3 is 2.50 bits per heavy atom. The molecular formula is C16H21NO3. The lowest BCUT2D eigenvalue weighted by Crippen LogP contribution is -2.47. The van der Waals surface area contributed by atoms with Crippen LogP contribution in [0.1, 0.15) is 30.9 Å². The molecule has 1 fully saturated rings. The zero-order valence-electron chi connectivity index (χ0n) is 12.0. The predicted molar refractivity (Wildman–Crippen MR) is 76.4 cm³/mol. The van der Waals surface area contributed by atoms with Crippen molar-refractivity contribution in [2.75, 3.05) is 6.54 Å². The third kappa shape index (κ3) is 3.38. The summed E-state index contributed by atoms with van der Waals surface area (Å²) < 4.78 is 0. The number of aliphatic carboxylic acids is 1. The van der Waals surface area contributed by atoms with E-state index in [1.54, 1.807) is 4.90 Å². The summed E-state index contributed by atoms with van der Waals surface area (Å²) in [5, 5.41) is 9.11. The number of aryl methyl sites for hydroxylation is 1. The van der Waals surface area contributed by atoms with Crippen LogP contribution < -0.4 is 0 Å². The largest absolute Gasteiger partial charge is 0.481 e. The van der Waals surface area contributed by atoms with E-state index in [0.29, 0.717) is 19.4 Å². The van der Waals surface area contributed by atoms with Crippen molar-refractivity contribution in [3.63, 3.8) is 0 Å². The molecule has 1 aromatic carbocycles. The number of piperidine rings is 1. The molecule has 0 aromatic heterocycles. The number of benzene rings is 1. The Bertz CT molecular complexity index is 495. The number of carboxylic acids is 1. The topological polar surface area (TPSA) is 57.6 Å². The first-order chi connectivity index (χ1) is 9.47. The fourth-order valence-corrected chi connectivity index (χ4v) is 2.64. The lowest BCUT2D eigenvalue weighted by molar-refractivity contribution is -0.146. The molecule has 20 heavy (non-hydrogen) atoms. The lowest BCUT2D eigenvalue weighted by atomic mass is 9.93. The monoisotopic (exact) mass is 275 g/mol. The van der Waals surface area contributed by atoms with Crippen LogP contribution in [0.2, 0.25) is 0 Å². The highest BCUT2D eigenvalue weighted by Gasteiger charge is 2.32. The Labute approximate surface area is 119 Å². The fraction of sp³-hybridized carbons (Fsp3) is 0.500. The third-order valence-electron chi connectivity index (χ3n) is 4.03. The number of nitrogens with zero attached hydrogens (tertiary/aromatic N) is 1. The van der Waals surface area contributed by atoms with Crippen molar-refractivity contribution < 1.29 is 14.7 Å². The summed E-state index contributed by atoms with van der Waals surface area (Å²) in [6, 6.07) is 8.01. The SMILES string of the molecule is Cc1ccc(CC(=O)N2CC(C(=O)O)CCC2C)cc1. The molecule has 2 atom stereocenters. The number of amides is 1. The quantitative estimate of drug-likeness (QED) is 0.920. The molecule has 0 spiro atoms. The molecule has 4 nitrogen and oxygen atoms in total. The van der Waals surface area contributed by atoms with Gasteiger partial charge < -0.3 is 10.0 Å². The Kier molecular flexibility index (Phi) is 4.42. The first-order valence-corrected chi connectivity index (χ1v) is 7.05. The summed E-state index contributed by atoms with van der Waals surface area (Å²) >= 11 is 0. The molecule has 1 amide bonds. The molecule has 2 unspecified atom stereocenters.